The number of amides is 1. The average molecular weight is 324 g/mol. The molecular formula is C18H16N2O4. The van der Waals surface area contributed by atoms with Crippen LogP contribution in [-0.2, 0) is 11.2 Å². The summed E-state index contributed by atoms with van der Waals surface area (Å²) in [5.74, 6) is -0.327. The van der Waals surface area contributed by atoms with Gasteiger partial charge in [-0.05, 0) is 37.1 Å². The lowest BCUT2D eigenvalue weighted by Crippen LogP contribution is -2.15. The summed E-state index contributed by atoms with van der Waals surface area (Å²) >= 11 is 0. The van der Waals surface area contributed by atoms with Crippen LogP contribution < -0.4 is 5.32 Å². The van der Waals surface area contributed by atoms with Gasteiger partial charge < -0.3 is 9.73 Å². The number of nitro benzene ring substituents is 1. The summed E-state index contributed by atoms with van der Waals surface area (Å²) in [6.45, 7) is 3.95. The lowest BCUT2D eigenvalue weighted by molar-refractivity contribution is -0.383. The number of hydrogen-bond acceptors (Lipinski definition) is 4. The number of para-hydroxylation sites is 2. The van der Waals surface area contributed by atoms with Crippen LogP contribution in [0.4, 0.5) is 11.4 Å². The standard InChI is InChI=1S/C18H16N2O4/c1-11-7-12(2)18-13(10-24-16(18)8-11)9-17(21)19-14-5-3-4-6-15(14)20(22)23/h3-8,10H,9H2,1-2H3,(H,19,21). The van der Waals surface area contributed by atoms with Crippen LogP contribution in [0.1, 0.15) is 16.7 Å². The summed E-state index contributed by atoms with van der Waals surface area (Å²) in [5, 5.41) is 14.5. The highest BCUT2D eigenvalue weighted by molar-refractivity contribution is 5.97. The van der Waals surface area contributed by atoms with Gasteiger partial charge in [0.15, 0.2) is 0 Å². The Morgan fingerprint density at radius 2 is 2.00 bits per heavy atom. The van der Waals surface area contributed by atoms with E-state index in [4.69, 9.17) is 4.42 Å². The van der Waals surface area contributed by atoms with Gasteiger partial charge in [-0.3, -0.25) is 14.9 Å². The fourth-order valence-electron chi connectivity index (χ4n) is 2.86. The fraction of sp³-hybridized carbons (Fsp3) is 0.167. The molecule has 24 heavy (non-hydrogen) atoms. The Labute approximate surface area is 138 Å². The molecule has 1 N–H and O–H groups in total. The minimum Gasteiger partial charge on any atom is -0.464 e. The van der Waals surface area contributed by atoms with Gasteiger partial charge in [0, 0.05) is 17.0 Å². The van der Waals surface area contributed by atoms with Crippen molar-refractivity contribution in [1.82, 2.24) is 0 Å². The SMILES string of the molecule is Cc1cc(C)c2c(CC(=O)Nc3ccccc3[N+](=O)[O-])coc2c1. The molecule has 1 amide bonds. The molecule has 0 aliphatic rings. The minimum atomic E-state index is -0.518. The number of anilines is 1. The van der Waals surface area contributed by atoms with Gasteiger partial charge in [-0.15, -0.1) is 0 Å². The monoisotopic (exact) mass is 324 g/mol. The zero-order chi connectivity index (χ0) is 17.3. The van der Waals surface area contributed by atoms with E-state index in [9.17, 15) is 14.9 Å². The molecule has 0 saturated heterocycles. The van der Waals surface area contributed by atoms with Crippen molar-refractivity contribution in [2.24, 2.45) is 0 Å². The topological polar surface area (TPSA) is 85.4 Å². The van der Waals surface area contributed by atoms with Crippen LogP contribution in [-0.4, -0.2) is 10.8 Å². The molecule has 3 rings (SSSR count). The normalized spacial score (nSPS) is 10.8. The number of carbonyl (C=O) groups excluding carboxylic acids is 1. The summed E-state index contributed by atoms with van der Waals surface area (Å²) in [5.41, 5.74) is 3.68. The number of benzene rings is 2. The van der Waals surface area contributed by atoms with Crippen molar-refractivity contribution in [2.45, 2.75) is 20.3 Å². The van der Waals surface area contributed by atoms with Crippen LogP contribution in [0.25, 0.3) is 11.0 Å². The summed E-state index contributed by atoms with van der Waals surface area (Å²) in [6.07, 6.45) is 1.65. The zero-order valence-corrected chi connectivity index (χ0v) is 13.3. The van der Waals surface area contributed by atoms with Gasteiger partial charge >= 0.3 is 0 Å². The Kier molecular flexibility index (Phi) is 4.04. The van der Waals surface area contributed by atoms with E-state index in [0.717, 1.165) is 27.7 Å². The zero-order valence-electron chi connectivity index (χ0n) is 13.3. The van der Waals surface area contributed by atoms with Crippen LogP contribution in [0.15, 0.2) is 47.1 Å². The first-order valence-corrected chi connectivity index (χ1v) is 7.46. The average Bonchev–Trinajstić information content (AvgIpc) is 2.90. The number of nitrogens with one attached hydrogen (secondary N) is 1. The Hall–Kier alpha value is -3.15. The Morgan fingerprint density at radius 1 is 1.25 bits per heavy atom. The molecule has 122 valence electrons. The Balaban J connectivity index is 1.85. The number of nitro groups is 1. The molecule has 0 unspecified atom stereocenters. The number of nitrogens with zero attached hydrogens (tertiary/aromatic N) is 1. The number of aryl methyl sites for hydroxylation is 2. The molecule has 2 aromatic carbocycles. The van der Waals surface area contributed by atoms with Crippen LogP contribution in [0.5, 0.6) is 0 Å². The van der Waals surface area contributed by atoms with E-state index in [2.05, 4.69) is 5.32 Å². The second kappa shape index (κ2) is 6.16. The third kappa shape index (κ3) is 2.99. The van der Waals surface area contributed by atoms with Crippen LogP contribution in [0, 0.1) is 24.0 Å². The van der Waals surface area contributed by atoms with Crippen molar-refractivity contribution >= 4 is 28.3 Å². The molecule has 0 spiro atoms. The largest absolute Gasteiger partial charge is 0.464 e. The van der Waals surface area contributed by atoms with Gasteiger partial charge in [0.25, 0.3) is 5.69 Å². The number of hydrogen-bond donors (Lipinski definition) is 1. The highest BCUT2D eigenvalue weighted by Gasteiger charge is 2.17. The minimum absolute atomic E-state index is 0.0863. The highest BCUT2D eigenvalue weighted by atomic mass is 16.6. The fourth-order valence-corrected chi connectivity index (χ4v) is 2.86. The van der Waals surface area contributed by atoms with Crippen molar-refractivity contribution in [3.8, 4) is 0 Å². The highest BCUT2D eigenvalue weighted by Crippen LogP contribution is 2.28. The van der Waals surface area contributed by atoms with Crippen molar-refractivity contribution in [2.75, 3.05) is 5.32 Å². The summed E-state index contributed by atoms with van der Waals surface area (Å²) < 4.78 is 5.54. The number of carbonyl (C=O) groups is 1. The molecule has 0 bridgehead atoms. The van der Waals surface area contributed by atoms with E-state index in [1.54, 1.807) is 18.4 Å². The number of furan rings is 1. The Morgan fingerprint density at radius 3 is 2.75 bits per heavy atom. The molecule has 6 nitrogen and oxygen atoms in total. The first kappa shape index (κ1) is 15.7. The number of rotatable bonds is 4. The third-order valence-electron chi connectivity index (χ3n) is 3.82. The predicted molar refractivity (Wildman–Crippen MR) is 91.1 cm³/mol. The molecule has 1 heterocycles. The molecule has 6 heteroatoms. The molecule has 0 atom stereocenters. The first-order valence-electron chi connectivity index (χ1n) is 7.46. The molecule has 0 aliphatic heterocycles. The smallest absolute Gasteiger partial charge is 0.292 e. The molecule has 0 saturated carbocycles. The van der Waals surface area contributed by atoms with E-state index in [0.29, 0.717) is 0 Å². The van der Waals surface area contributed by atoms with Crippen molar-refractivity contribution in [3.05, 3.63) is 69.5 Å². The predicted octanol–water partition coefficient (Wildman–Crippen LogP) is 4.14. The molecule has 1 aromatic heterocycles. The van der Waals surface area contributed by atoms with E-state index < -0.39 is 4.92 Å². The molecule has 0 aliphatic carbocycles. The lowest BCUT2D eigenvalue weighted by Gasteiger charge is -2.06. The van der Waals surface area contributed by atoms with Crippen LogP contribution >= 0.6 is 0 Å². The van der Waals surface area contributed by atoms with Crippen LogP contribution in [0.3, 0.4) is 0 Å². The molecular weight excluding hydrogens is 308 g/mol. The van der Waals surface area contributed by atoms with E-state index in [1.807, 2.05) is 26.0 Å². The van der Waals surface area contributed by atoms with Gasteiger partial charge in [0.1, 0.15) is 11.3 Å². The second-order valence-corrected chi connectivity index (χ2v) is 5.72. The van der Waals surface area contributed by atoms with E-state index >= 15 is 0 Å². The van der Waals surface area contributed by atoms with Gasteiger partial charge in [-0.2, -0.15) is 0 Å². The summed E-state index contributed by atoms with van der Waals surface area (Å²) in [6, 6.07) is 10.0. The maximum Gasteiger partial charge on any atom is 0.292 e. The molecule has 0 radical (unpaired) electrons. The van der Waals surface area contributed by atoms with Gasteiger partial charge in [0.2, 0.25) is 5.91 Å². The van der Waals surface area contributed by atoms with E-state index in [-0.39, 0.29) is 23.7 Å². The summed E-state index contributed by atoms with van der Waals surface area (Å²) in [4.78, 5) is 22.8. The van der Waals surface area contributed by atoms with E-state index in [1.165, 1.54) is 12.1 Å². The maximum absolute atomic E-state index is 12.3. The molecule has 0 fully saturated rings. The van der Waals surface area contributed by atoms with Crippen LogP contribution in [0.2, 0.25) is 0 Å². The lowest BCUT2D eigenvalue weighted by atomic mass is 10.0. The van der Waals surface area contributed by atoms with Gasteiger partial charge in [-0.1, -0.05) is 18.2 Å². The quantitative estimate of drug-likeness (QED) is 0.577. The van der Waals surface area contributed by atoms with Crippen molar-refractivity contribution in [1.29, 1.82) is 0 Å². The third-order valence-corrected chi connectivity index (χ3v) is 3.82. The molecule has 3 aromatic rings. The second-order valence-electron chi connectivity index (χ2n) is 5.72. The Bertz CT molecular complexity index is 943. The first-order chi connectivity index (χ1) is 11.5. The van der Waals surface area contributed by atoms with Gasteiger partial charge in [0.05, 0.1) is 17.6 Å². The maximum atomic E-state index is 12.3. The number of fused-ring (bicyclic) bond motifs is 1. The van der Waals surface area contributed by atoms with Gasteiger partial charge in [-0.25, -0.2) is 0 Å². The van der Waals surface area contributed by atoms with Crippen molar-refractivity contribution in [3.63, 3.8) is 0 Å². The van der Waals surface area contributed by atoms with Crippen molar-refractivity contribution < 1.29 is 14.1 Å². The summed E-state index contributed by atoms with van der Waals surface area (Å²) in [7, 11) is 0.